The largest absolute Gasteiger partial charge is 0.466 e. The predicted octanol–water partition coefficient (Wildman–Crippen LogP) is 26.4. The summed E-state index contributed by atoms with van der Waals surface area (Å²) in [6.45, 7) is 19.5. The Balaban J connectivity index is 4.64. The van der Waals surface area contributed by atoms with E-state index >= 15 is 0 Å². The van der Waals surface area contributed by atoms with Gasteiger partial charge < -0.3 is 28.7 Å². The number of allylic oxidation sites excluding steroid dienone is 22. The second-order valence-corrected chi connectivity index (χ2v) is 28.0. The van der Waals surface area contributed by atoms with Crippen LogP contribution in [0.5, 0.6) is 0 Å². The van der Waals surface area contributed by atoms with Gasteiger partial charge in [0.15, 0.2) is 0 Å². The molecule has 0 bridgehead atoms. The van der Waals surface area contributed by atoms with Gasteiger partial charge in [0.25, 0.3) is 0 Å². The zero-order valence-electron chi connectivity index (χ0n) is 67.5. The molecule has 0 rings (SSSR count). The van der Waals surface area contributed by atoms with Crippen molar-refractivity contribution in [2.24, 2.45) is 0 Å². The number of nitrogens with zero attached hydrogens (tertiary/aromatic N) is 2. The molecule has 0 saturated heterocycles. The van der Waals surface area contributed by atoms with Crippen molar-refractivity contribution < 1.29 is 38.1 Å². The van der Waals surface area contributed by atoms with Gasteiger partial charge in [0.05, 0.1) is 26.1 Å². The number of hydrogen-bond acceptors (Lipinski definition) is 10. The molecule has 0 radical (unpaired) electrons. The van der Waals surface area contributed by atoms with Crippen LogP contribution in [0.2, 0.25) is 0 Å². The van der Waals surface area contributed by atoms with Crippen LogP contribution >= 0.6 is 0 Å². The Morgan fingerprint density at radius 2 is 0.534 bits per heavy atom. The van der Waals surface area contributed by atoms with E-state index in [1.54, 1.807) is 0 Å². The first kappa shape index (κ1) is 97.7. The summed E-state index contributed by atoms with van der Waals surface area (Å²) < 4.78 is 23.5. The van der Waals surface area contributed by atoms with E-state index in [-0.39, 0.29) is 36.1 Å². The SMILES string of the molecule is CC/C=C\C/C=C\C/C=C\C/C=C\C/C=C\CCCC(=O)OC(C/C=C\CCCCCCCCOC(=O)CCN(CCCN(CCCC)CCCC)CCC(=O)OCCCCCCCC/C=C\CC(CCCCCC)OC(=O)CCC/C=C\C/C=C\C/C=C\C/C=C\C/C=C\CC)CCCCCC. The molecule has 10 heteroatoms. The van der Waals surface area contributed by atoms with E-state index in [0.29, 0.717) is 52.0 Å². The number of esters is 4. The summed E-state index contributed by atoms with van der Waals surface area (Å²) in [6, 6.07) is 0. The van der Waals surface area contributed by atoms with Gasteiger partial charge in [-0.2, -0.15) is 0 Å². The van der Waals surface area contributed by atoms with E-state index in [4.69, 9.17) is 18.9 Å². The summed E-state index contributed by atoms with van der Waals surface area (Å²) in [6.07, 6.45) is 102. The van der Waals surface area contributed by atoms with Crippen LogP contribution < -0.4 is 0 Å². The highest BCUT2D eigenvalue weighted by Crippen LogP contribution is 2.18. The van der Waals surface area contributed by atoms with Gasteiger partial charge in [-0.1, -0.05) is 290 Å². The molecule has 0 aromatic rings. The fourth-order valence-electron chi connectivity index (χ4n) is 11.8. The molecule has 0 amide bonds. The molecule has 0 aromatic carbocycles. The number of rotatable bonds is 76. The molecule has 2 unspecified atom stereocenters. The van der Waals surface area contributed by atoms with E-state index in [2.05, 4.69) is 197 Å². The lowest BCUT2D eigenvalue weighted by atomic mass is 10.1. The first-order valence-electron chi connectivity index (χ1n) is 42.7. The molecule has 10 nitrogen and oxygen atoms in total. The third kappa shape index (κ3) is 76.2. The third-order valence-corrected chi connectivity index (χ3v) is 18.2. The standard InChI is InChI=1S/C93H158N2O8/c1-7-13-19-23-25-27-29-31-33-35-37-39-41-47-53-59-67-76-92(98)102-88(72-63-21-15-9-3)74-65-57-51-45-43-49-55-61-69-86-100-90(96)78-84-95(83-71-82-94(80-17-11-5)81-18-12-6)85-79-91(97)101-87-70-62-56-50-44-46-52-58-66-75-89(73-64-22-16-10-4)103-93(99)77-68-60-54-48-42-40-38-36-34-32-30-28-26-24-20-14-8-2/h13-14,19-20,25-28,31-34,37-40,47-48,53-54,57-58,65-66,88-89H,7-12,15-18,21-24,29-30,35-36,41-46,49-52,55-56,59-64,67-87H2,1-6H3/b19-13-,20-14-,27-25-,28-26-,33-31-,34-32-,39-37-,40-38-,53-47-,54-48-,65-57-,66-58-. The molecule has 0 aromatic heterocycles. The lowest BCUT2D eigenvalue weighted by molar-refractivity contribution is -0.150. The van der Waals surface area contributed by atoms with Crippen molar-refractivity contribution in [2.75, 3.05) is 52.5 Å². The molecule has 0 saturated carbocycles. The number of ether oxygens (including phenoxy) is 4. The highest BCUT2D eigenvalue weighted by atomic mass is 16.6. The van der Waals surface area contributed by atoms with E-state index in [1.807, 2.05) is 0 Å². The molecular weight excluding hydrogens is 1270 g/mol. The van der Waals surface area contributed by atoms with Gasteiger partial charge in [0.1, 0.15) is 12.2 Å². The fourth-order valence-corrected chi connectivity index (χ4v) is 11.8. The van der Waals surface area contributed by atoms with Gasteiger partial charge >= 0.3 is 23.9 Å². The van der Waals surface area contributed by atoms with Gasteiger partial charge in [0.2, 0.25) is 0 Å². The van der Waals surface area contributed by atoms with Gasteiger partial charge in [0, 0.05) is 38.8 Å². The zero-order valence-corrected chi connectivity index (χ0v) is 67.5. The Bertz CT molecular complexity index is 2130. The molecule has 0 aliphatic carbocycles. The lowest BCUT2D eigenvalue weighted by Gasteiger charge is -2.25. The van der Waals surface area contributed by atoms with Crippen molar-refractivity contribution in [2.45, 2.75) is 368 Å². The van der Waals surface area contributed by atoms with Gasteiger partial charge in [-0.15, -0.1) is 0 Å². The van der Waals surface area contributed by atoms with Crippen molar-refractivity contribution >= 4 is 23.9 Å². The molecule has 2 atom stereocenters. The molecule has 0 aliphatic heterocycles. The maximum Gasteiger partial charge on any atom is 0.307 e. The van der Waals surface area contributed by atoms with Crippen molar-refractivity contribution in [1.82, 2.24) is 9.80 Å². The van der Waals surface area contributed by atoms with Crippen molar-refractivity contribution in [1.29, 1.82) is 0 Å². The Morgan fingerprint density at radius 3 is 0.883 bits per heavy atom. The zero-order chi connectivity index (χ0) is 74.7. The maximum absolute atomic E-state index is 13.0. The molecule has 0 aliphatic rings. The molecular formula is C93H158N2O8. The molecule has 0 N–H and O–H groups in total. The first-order valence-corrected chi connectivity index (χ1v) is 42.7. The quantitative estimate of drug-likeness (QED) is 0.0253. The van der Waals surface area contributed by atoms with Gasteiger partial charge in [-0.3, -0.25) is 19.2 Å². The molecule has 0 spiro atoms. The maximum atomic E-state index is 13.0. The molecule has 588 valence electrons. The number of hydrogen-bond donors (Lipinski definition) is 0. The molecule has 103 heavy (non-hydrogen) atoms. The number of unbranched alkanes of at least 4 members (excludes halogenated alkanes) is 22. The Kier molecular flexibility index (Phi) is 78.1. The highest BCUT2D eigenvalue weighted by Gasteiger charge is 2.17. The lowest BCUT2D eigenvalue weighted by Crippen LogP contribution is -2.34. The normalized spacial score (nSPS) is 13.2. The summed E-state index contributed by atoms with van der Waals surface area (Å²) >= 11 is 0. The van der Waals surface area contributed by atoms with Crippen LogP contribution in [0.1, 0.15) is 356 Å². The minimum atomic E-state index is -0.157. The van der Waals surface area contributed by atoms with E-state index in [1.165, 1.54) is 89.9 Å². The topological polar surface area (TPSA) is 112 Å². The van der Waals surface area contributed by atoms with Crippen LogP contribution in [0.3, 0.4) is 0 Å². The van der Waals surface area contributed by atoms with Crippen molar-refractivity contribution in [3.05, 3.63) is 146 Å². The predicted molar refractivity (Wildman–Crippen MR) is 445 cm³/mol. The Labute approximate surface area is 635 Å². The Morgan fingerprint density at radius 1 is 0.252 bits per heavy atom. The summed E-state index contributed by atoms with van der Waals surface area (Å²) in [4.78, 5) is 56.5. The average Bonchev–Trinajstić information content (AvgIpc) is 1.71. The van der Waals surface area contributed by atoms with Crippen LogP contribution in [-0.4, -0.2) is 98.4 Å². The fraction of sp³-hybridized carbons (Fsp3) is 0.699. The summed E-state index contributed by atoms with van der Waals surface area (Å²) in [5.74, 6) is -0.455. The second-order valence-electron chi connectivity index (χ2n) is 28.0. The average molecular weight is 1430 g/mol. The molecule has 0 heterocycles. The smallest absolute Gasteiger partial charge is 0.307 e. The van der Waals surface area contributed by atoms with E-state index in [0.717, 1.165) is 225 Å². The number of carbonyl (C=O) groups is 4. The number of carbonyl (C=O) groups excluding carboxylic acids is 4. The van der Waals surface area contributed by atoms with Crippen molar-refractivity contribution in [3.8, 4) is 0 Å². The van der Waals surface area contributed by atoms with Gasteiger partial charge in [-0.05, 0) is 200 Å². The Hall–Kier alpha value is -5.32. The van der Waals surface area contributed by atoms with E-state index < -0.39 is 0 Å². The van der Waals surface area contributed by atoms with E-state index in [9.17, 15) is 19.2 Å². The van der Waals surface area contributed by atoms with Crippen molar-refractivity contribution in [3.63, 3.8) is 0 Å². The highest BCUT2D eigenvalue weighted by molar-refractivity contribution is 5.70. The van der Waals surface area contributed by atoms with Crippen LogP contribution in [0.15, 0.2) is 146 Å². The first-order chi connectivity index (χ1) is 50.7. The second kappa shape index (κ2) is 82.3. The van der Waals surface area contributed by atoms with Gasteiger partial charge in [-0.25, -0.2) is 0 Å². The van der Waals surface area contributed by atoms with Crippen LogP contribution in [0.4, 0.5) is 0 Å². The third-order valence-electron chi connectivity index (χ3n) is 18.2. The van der Waals surface area contributed by atoms with Crippen LogP contribution in [0, 0.1) is 0 Å². The summed E-state index contributed by atoms with van der Waals surface area (Å²) in [5.41, 5.74) is 0. The van der Waals surface area contributed by atoms with Crippen LogP contribution in [0.25, 0.3) is 0 Å². The summed E-state index contributed by atoms with van der Waals surface area (Å²) in [7, 11) is 0. The monoisotopic (exact) mass is 1430 g/mol. The minimum Gasteiger partial charge on any atom is -0.466 e. The minimum absolute atomic E-state index is 0.0414. The van der Waals surface area contributed by atoms with Crippen LogP contribution in [-0.2, 0) is 38.1 Å². The molecule has 0 fully saturated rings. The summed E-state index contributed by atoms with van der Waals surface area (Å²) in [5, 5.41) is 0.